The van der Waals surface area contributed by atoms with Crippen molar-refractivity contribution in [2.75, 3.05) is 13.1 Å². The summed E-state index contributed by atoms with van der Waals surface area (Å²) >= 11 is 0. The van der Waals surface area contributed by atoms with Gasteiger partial charge in [0.15, 0.2) is 0 Å². The van der Waals surface area contributed by atoms with E-state index in [2.05, 4.69) is 68.7 Å². The molecule has 0 bridgehead atoms. The highest BCUT2D eigenvalue weighted by molar-refractivity contribution is 5.83. The summed E-state index contributed by atoms with van der Waals surface area (Å²) in [6.07, 6.45) is 9.45. The SMILES string of the molecule is c1cc2ccc(-c3ccc4c(c3)nc3n4CCN4CCCC[C@@H]4C3)cn2c1. The number of imidazole rings is 1. The summed E-state index contributed by atoms with van der Waals surface area (Å²) in [5.74, 6) is 1.28. The molecule has 0 unspecified atom stereocenters. The normalized spacial score (nSPS) is 20.5. The van der Waals surface area contributed by atoms with E-state index in [0.717, 1.165) is 25.0 Å². The molecule has 27 heavy (non-hydrogen) atoms. The van der Waals surface area contributed by atoms with E-state index in [-0.39, 0.29) is 0 Å². The molecule has 5 heterocycles. The molecule has 0 radical (unpaired) electrons. The molecule has 1 fully saturated rings. The van der Waals surface area contributed by atoms with E-state index in [0.29, 0.717) is 6.04 Å². The quantitative estimate of drug-likeness (QED) is 0.506. The number of aromatic nitrogens is 3. The van der Waals surface area contributed by atoms with Crippen molar-refractivity contribution < 1.29 is 0 Å². The van der Waals surface area contributed by atoms with Crippen LogP contribution in [0.4, 0.5) is 0 Å². The first-order valence-corrected chi connectivity index (χ1v) is 10.2. The zero-order valence-electron chi connectivity index (χ0n) is 15.5. The molecule has 4 aromatic rings. The molecular formula is C23H24N4. The molecule has 2 aliphatic rings. The molecule has 2 aliphatic heterocycles. The number of rotatable bonds is 1. The summed E-state index contributed by atoms with van der Waals surface area (Å²) in [6, 6.07) is 16.1. The predicted molar refractivity (Wildman–Crippen MR) is 109 cm³/mol. The number of benzene rings is 1. The van der Waals surface area contributed by atoms with Crippen molar-refractivity contribution in [2.45, 2.75) is 38.3 Å². The van der Waals surface area contributed by atoms with Gasteiger partial charge in [-0.1, -0.05) is 18.6 Å². The van der Waals surface area contributed by atoms with E-state index in [1.807, 2.05) is 0 Å². The maximum absolute atomic E-state index is 5.07. The molecule has 0 amide bonds. The summed E-state index contributed by atoms with van der Waals surface area (Å²) in [5, 5.41) is 0. The molecule has 4 heteroatoms. The van der Waals surface area contributed by atoms with E-state index in [4.69, 9.17) is 4.98 Å². The van der Waals surface area contributed by atoms with Gasteiger partial charge in [0.25, 0.3) is 0 Å². The Morgan fingerprint density at radius 1 is 0.926 bits per heavy atom. The average Bonchev–Trinajstić information content (AvgIpc) is 3.25. The molecule has 1 atom stereocenters. The highest BCUT2D eigenvalue weighted by Gasteiger charge is 2.27. The number of pyridine rings is 1. The molecule has 0 saturated carbocycles. The Hall–Kier alpha value is -2.59. The summed E-state index contributed by atoms with van der Waals surface area (Å²) < 4.78 is 4.64. The Labute approximate surface area is 159 Å². The van der Waals surface area contributed by atoms with Crippen molar-refractivity contribution in [1.82, 2.24) is 18.9 Å². The van der Waals surface area contributed by atoms with Gasteiger partial charge >= 0.3 is 0 Å². The van der Waals surface area contributed by atoms with Gasteiger partial charge in [-0.05, 0) is 60.8 Å². The van der Waals surface area contributed by atoms with Crippen molar-refractivity contribution in [3.63, 3.8) is 0 Å². The highest BCUT2D eigenvalue weighted by atomic mass is 15.2. The standard InChI is InChI=1S/C23H24N4/c1-2-10-25-12-13-27-22-9-7-17(14-21(22)24-23(27)15-20(25)4-1)18-6-8-19-5-3-11-26(19)16-18/h3,5-9,11,14,16,20H,1-2,4,10,12-13,15H2/t20-/m1/s1. The van der Waals surface area contributed by atoms with Crippen LogP contribution in [0.15, 0.2) is 54.9 Å². The molecule has 4 nitrogen and oxygen atoms in total. The molecule has 0 spiro atoms. The summed E-state index contributed by atoms with van der Waals surface area (Å²) in [6.45, 7) is 3.49. The van der Waals surface area contributed by atoms with Gasteiger partial charge in [-0.2, -0.15) is 0 Å². The summed E-state index contributed by atoms with van der Waals surface area (Å²) in [4.78, 5) is 7.76. The monoisotopic (exact) mass is 356 g/mol. The van der Waals surface area contributed by atoms with E-state index < -0.39 is 0 Å². The van der Waals surface area contributed by atoms with Crippen LogP contribution in [-0.2, 0) is 13.0 Å². The van der Waals surface area contributed by atoms with Crippen LogP contribution in [-0.4, -0.2) is 38.0 Å². The topological polar surface area (TPSA) is 25.5 Å². The molecule has 6 rings (SSSR count). The maximum atomic E-state index is 5.07. The van der Waals surface area contributed by atoms with Gasteiger partial charge in [0.05, 0.1) is 11.0 Å². The third-order valence-electron chi connectivity index (χ3n) is 6.46. The van der Waals surface area contributed by atoms with E-state index >= 15 is 0 Å². The lowest BCUT2D eigenvalue weighted by molar-refractivity contribution is 0.152. The molecule has 1 saturated heterocycles. The van der Waals surface area contributed by atoms with Crippen LogP contribution in [0.5, 0.6) is 0 Å². The second-order valence-electron chi connectivity index (χ2n) is 8.03. The average molecular weight is 356 g/mol. The van der Waals surface area contributed by atoms with Crippen molar-refractivity contribution in [2.24, 2.45) is 0 Å². The molecule has 136 valence electrons. The van der Waals surface area contributed by atoms with Crippen molar-refractivity contribution in [3.8, 4) is 11.1 Å². The van der Waals surface area contributed by atoms with Gasteiger partial charge in [-0.3, -0.25) is 4.90 Å². The first-order chi connectivity index (χ1) is 13.3. The zero-order chi connectivity index (χ0) is 17.8. The Morgan fingerprint density at radius 3 is 2.89 bits per heavy atom. The van der Waals surface area contributed by atoms with Crippen LogP contribution >= 0.6 is 0 Å². The van der Waals surface area contributed by atoms with Crippen LogP contribution in [0.2, 0.25) is 0 Å². The van der Waals surface area contributed by atoms with Gasteiger partial charge in [0.1, 0.15) is 5.82 Å². The number of fused-ring (bicyclic) bond motifs is 5. The minimum atomic E-state index is 0.687. The van der Waals surface area contributed by atoms with Crippen LogP contribution in [0, 0.1) is 0 Å². The first-order valence-electron chi connectivity index (χ1n) is 10.2. The fraction of sp³-hybridized carbons (Fsp3) is 0.348. The van der Waals surface area contributed by atoms with E-state index in [1.54, 1.807) is 0 Å². The zero-order valence-corrected chi connectivity index (χ0v) is 15.5. The Balaban J connectivity index is 1.41. The van der Waals surface area contributed by atoms with E-state index in [9.17, 15) is 0 Å². The van der Waals surface area contributed by atoms with Crippen molar-refractivity contribution in [3.05, 3.63) is 60.7 Å². The third-order valence-corrected chi connectivity index (χ3v) is 6.46. The smallest absolute Gasteiger partial charge is 0.111 e. The largest absolute Gasteiger partial charge is 0.327 e. The van der Waals surface area contributed by atoms with Gasteiger partial charge in [0.2, 0.25) is 0 Å². The number of nitrogens with zero attached hydrogens (tertiary/aromatic N) is 4. The number of hydrogen-bond acceptors (Lipinski definition) is 2. The van der Waals surface area contributed by atoms with Gasteiger partial charge in [-0.15, -0.1) is 0 Å². The number of hydrogen-bond donors (Lipinski definition) is 0. The van der Waals surface area contributed by atoms with Gasteiger partial charge in [-0.25, -0.2) is 4.98 Å². The molecule has 0 N–H and O–H groups in total. The van der Waals surface area contributed by atoms with Crippen molar-refractivity contribution >= 4 is 16.6 Å². The molecular weight excluding hydrogens is 332 g/mol. The predicted octanol–water partition coefficient (Wildman–Crippen LogP) is 4.37. The maximum Gasteiger partial charge on any atom is 0.111 e. The Morgan fingerprint density at radius 2 is 1.89 bits per heavy atom. The second-order valence-corrected chi connectivity index (χ2v) is 8.03. The van der Waals surface area contributed by atoms with E-state index in [1.165, 1.54) is 53.8 Å². The lowest BCUT2D eigenvalue weighted by Gasteiger charge is -2.33. The lowest BCUT2D eigenvalue weighted by Crippen LogP contribution is -2.40. The highest BCUT2D eigenvalue weighted by Crippen LogP contribution is 2.29. The minimum absolute atomic E-state index is 0.687. The minimum Gasteiger partial charge on any atom is -0.327 e. The van der Waals surface area contributed by atoms with Crippen LogP contribution in [0.1, 0.15) is 25.1 Å². The van der Waals surface area contributed by atoms with Crippen molar-refractivity contribution in [1.29, 1.82) is 0 Å². The second kappa shape index (κ2) is 5.96. The summed E-state index contributed by atoms with van der Waals surface area (Å²) in [7, 11) is 0. The van der Waals surface area contributed by atoms with Crippen LogP contribution < -0.4 is 0 Å². The Kier molecular flexibility index (Phi) is 3.41. The van der Waals surface area contributed by atoms with Gasteiger partial charge in [0, 0.05) is 43.5 Å². The van der Waals surface area contributed by atoms with Crippen LogP contribution in [0.3, 0.4) is 0 Å². The van der Waals surface area contributed by atoms with Crippen LogP contribution in [0.25, 0.3) is 27.7 Å². The third kappa shape index (κ3) is 2.51. The molecule has 0 aliphatic carbocycles. The van der Waals surface area contributed by atoms with Gasteiger partial charge < -0.3 is 8.97 Å². The summed E-state index contributed by atoms with van der Waals surface area (Å²) in [5.41, 5.74) is 6.13. The first kappa shape index (κ1) is 15.5. The fourth-order valence-corrected chi connectivity index (χ4v) is 4.99. The molecule has 1 aromatic carbocycles. The lowest BCUT2D eigenvalue weighted by atomic mass is 10.00. The Bertz CT molecular complexity index is 1140. The molecule has 3 aromatic heterocycles. The fourth-order valence-electron chi connectivity index (χ4n) is 4.99. The number of piperidine rings is 1.